The van der Waals surface area contributed by atoms with Crippen LogP contribution in [0.2, 0.25) is 0 Å². The van der Waals surface area contributed by atoms with E-state index in [0.29, 0.717) is 12.8 Å². The average Bonchev–Trinajstić information content (AvgIpc) is 3.11. The molecule has 0 aromatic heterocycles. The number of carbonyl (C=O) groups is 3. The van der Waals surface area contributed by atoms with Gasteiger partial charge in [0.05, 0.1) is 6.42 Å². The Morgan fingerprint density at radius 3 is 1.58 bits per heavy atom. The van der Waals surface area contributed by atoms with Crippen LogP contribution in [0.3, 0.4) is 0 Å². The Morgan fingerprint density at radius 2 is 0.940 bits per heavy atom. The molecule has 0 radical (unpaired) electrons. The van der Waals surface area contributed by atoms with Crippen molar-refractivity contribution in [3.63, 3.8) is 0 Å². The number of unbranched alkanes of at least 4 members (excludes halogenated alkanes) is 13. The first-order valence-electron chi connectivity index (χ1n) is 20.0. The standard InChI is InChI=1S/C44H72O6/c1-4-7-10-13-16-19-21-23-25-28-31-34-37-43(46)49-40-41(39-48-42(45)36-33-30-27-24-18-15-12-9-6-3)50-44(47)38-35-32-29-26-22-20-17-14-11-8-5-2/h9,12,14,16-20,22,24,30,33,41H,4-8,10-11,13,15,21,23,25-29,31-32,34-40H2,1-3H3/b12-9-,17-14-,19-16-,22-20-,24-18-,33-30-. The third-order valence-corrected chi connectivity index (χ3v) is 7.98. The second-order valence-corrected chi connectivity index (χ2v) is 12.8. The quantitative estimate of drug-likeness (QED) is 0.0219. The van der Waals surface area contributed by atoms with Crippen molar-refractivity contribution in [1.82, 2.24) is 0 Å². The second-order valence-electron chi connectivity index (χ2n) is 12.8. The number of hydrogen-bond donors (Lipinski definition) is 0. The molecule has 6 nitrogen and oxygen atoms in total. The van der Waals surface area contributed by atoms with Crippen LogP contribution in [0.5, 0.6) is 0 Å². The van der Waals surface area contributed by atoms with E-state index >= 15 is 0 Å². The van der Waals surface area contributed by atoms with Crippen LogP contribution in [-0.2, 0) is 28.6 Å². The molecule has 0 aromatic rings. The highest BCUT2D eigenvalue weighted by Gasteiger charge is 2.19. The maximum atomic E-state index is 12.6. The van der Waals surface area contributed by atoms with Gasteiger partial charge in [0, 0.05) is 12.8 Å². The lowest BCUT2D eigenvalue weighted by atomic mass is 10.1. The van der Waals surface area contributed by atoms with E-state index in [1.54, 1.807) is 6.08 Å². The summed E-state index contributed by atoms with van der Waals surface area (Å²) in [5.41, 5.74) is 0. The molecule has 6 heteroatoms. The molecule has 0 bridgehead atoms. The van der Waals surface area contributed by atoms with E-state index in [0.717, 1.165) is 77.0 Å². The lowest BCUT2D eigenvalue weighted by molar-refractivity contribution is -0.166. The number of carbonyl (C=O) groups excluding carboxylic acids is 3. The highest BCUT2D eigenvalue weighted by molar-refractivity contribution is 5.72. The Hall–Kier alpha value is -3.15. The molecular weight excluding hydrogens is 624 g/mol. The lowest BCUT2D eigenvalue weighted by Crippen LogP contribution is -2.30. The van der Waals surface area contributed by atoms with E-state index < -0.39 is 12.1 Å². The third kappa shape index (κ3) is 36.1. The van der Waals surface area contributed by atoms with Crippen molar-refractivity contribution in [2.45, 2.75) is 175 Å². The molecule has 1 unspecified atom stereocenters. The van der Waals surface area contributed by atoms with E-state index in [2.05, 4.69) is 81.5 Å². The first-order valence-corrected chi connectivity index (χ1v) is 20.0. The summed E-state index contributed by atoms with van der Waals surface area (Å²) in [7, 11) is 0. The van der Waals surface area contributed by atoms with Crippen LogP contribution >= 0.6 is 0 Å². The molecule has 0 saturated heterocycles. The van der Waals surface area contributed by atoms with Crippen LogP contribution in [0.1, 0.15) is 168 Å². The molecule has 0 aromatic carbocycles. The summed E-state index contributed by atoms with van der Waals surface area (Å²) < 4.78 is 16.5. The van der Waals surface area contributed by atoms with Gasteiger partial charge < -0.3 is 14.2 Å². The van der Waals surface area contributed by atoms with Crippen molar-refractivity contribution in [2.75, 3.05) is 13.2 Å². The van der Waals surface area contributed by atoms with Gasteiger partial charge in [0.25, 0.3) is 0 Å². The molecule has 284 valence electrons. The van der Waals surface area contributed by atoms with Crippen molar-refractivity contribution in [1.29, 1.82) is 0 Å². The van der Waals surface area contributed by atoms with Gasteiger partial charge in [-0.25, -0.2) is 0 Å². The van der Waals surface area contributed by atoms with Gasteiger partial charge >= 0.3 is 17.9 Å². The van der Waals surface area contributed by atoms with Crippen molar-refractivity contribution in [3.05, 3.63) is 72.9 Å². The monoisotopic (exact) mass is 697 g/mol. The van der Waals surface area contributed by atoms with E-state index in [-0.39, 0.29) is 38.0 Å². The Balaban J connectivity index is 4.53. The van der Waals surface area contributed by atoms with Crippen molar-refractivity contribution >= 4 is 17.9 Å². The Bertz CT molecular complexity index is 986. The molecule has 1 atom stereocenters. The number of rotatable bonds is 34. The summed E-state index contributed by atoms with van der Waals surface area (Å²) in [5, 5.41) is 0. The van der Waals surface area contributed by atoms with Crippen molar-refractivity contribution < 1.29 is 28.6 Å². The molecular formula is C44H72O6. The maximum Gasteiger partial charge on any atom is 0.309 e. The van der Waals surface area contributed by atoms with Gasteiger partial charge in [0.1, 0.15) is 13.2 Å². The minimum absolute atomic E-state index is 0.119. The fourth-order valence-electron chi connectivity index (χ4n) is 4.94. The number of allylic oxidation sites excluding steroid dienone is 11. The Labute approximate surface area is 306 Å². The minimum atomic E-state index is -0.823. The fraction of sp³-hybridized carbons (Fsp3) is 0.659. The van der Waals surface area contributed by atoms with Crippen LogP contribution in [0.4, 0.5) is 0 Å². The van der Waals surface area contributed by atoms with Crippen LogP contribution in [0, 0.1) is 0 Å². The summed E-state index contributed by atoms with van der Waals surface area (Å²) >= 11 is 0. The highest BCUT2D eigenvalue weighted by atomic mass is 16.6. The lowest BCUT2D eigenvalue weighted by Gasteiger charge is -2.18. The molecule has 0 saturated carbocycles. The molecule has 0 aliphatic carbocycles. The van der Waals surface area contributed by atoms with E-state index in [1.807, 2.05) is 6.08 Å². The van der Waals surface area contributed by atoms with Crippen molar-refractivity contribution in [2.24, 2.45) is 0 Å². The third-order valence-electron chi connectivity index (χ3n) is 7.98. The van der Waals surface area contributed by atoms with Crippen LogP contribution in [0.15, 0.2) is 72.9 Å². The van der Waals surface area contributed by atoms with E-state index in [4.69, 9.17) is 14.2 Å². The summed E-state index contributed by atoms with van der Waals surface area (Å²) in [6, 6.07) is 0. The topological polar surface area (TPSA) is 78.9 Å². The first kappa shape index (κ1) is 46.9. The molecule has 0 rings (SSSR count). The summed E-state index contributed by atoms with van der Waals surface area (Å²) in [4.78, 5) is 37.4. The van der Waals surface area contributed by atoms with Crippen LogP contribution < -0.4 is 0 Å². The van der Waals surface area contributed by atoms with Gasteiger partial charge in [-0.15, -0.1) is 0 Å². The SMILES string of the molecule is CC/C=C\C/C=C\C/C=C\CC(=O)OCC(COC(=O)CCCCCCC/C=C\CCCCC)OC(=O)CCCCC/C=C\C=C/CCCC. The average molecular weight is 697 g/mol. The van der Waals surface area contributed by atoms with Crippen molar-refractivity contribution in [3.8, 4) is 0 Å². The number of ether oxygens (including phenoxy) is 3. The summed E-state index contributed by atoms with van der Waals surface area (Å²) in [6.45, 7) is 6.27. The molecule has 50 heavy (non-hydrogen) atoms. The summed E-state index contributed by atoms with van der Waals surface area (Å²) in [6.07, 6.45) is 46.3. The van der Waals surface area contributed by atoms with Gasteiger partial charge in [-0.1, -0.05) is 145 Å². The molecule has 0 N–H and O–H groups in total. The van der Waals surface area contributed by atoms with Crippen LogP contribution in [0.25, 0.3) is 0 Å². The highest BCUT2D eigenvalue weighted by Crippen LogP contribution is 2.11. The normalized spacial score (nSPS) is 12.8. The van der Waals surface area contributed by atoms with Crippen LogP contribution in [-0.4, -0.2) is 37.2 Å². The molecule has 0 heterocycles. The fourth-order valence-corrected chi connectivity index (χ4v) is 4.94. The predicted octanol–water partition coefficient (Wildman–Crippen LogP) is 12.4. The predicted molar refractivity (Wildman–Crippen MR) is 210 cm³/mol. The zero-order valence-electron chi connectivity index (χ0n) is 32.1. The zero-order chi connectivity index (χ0) is 36.6. The zero-order valence-corrected chi connectivity index (χ0v) is 32.1. The minimum Gasteiger partial charge on any atom is -0.462 e. The first-order chi connectivity index (χ1) is 24.5. The Kier molecular flexibility index (Phi) is 36.2. The number of esters is 3. The Morgan fingerprint density at radius 1 is 0.460 bits per heavy atom. The van der Waals surface area contributed by atoms with E-state index in [1.165, 1.54) is 44.9 Å². The second kappa shape index (κ2) is 38.6. The molecule has 0 aliphatic heterocycles. The maximum absolute atomic E-state index is 12.6. The van der Waals surface area contributed by atoms with Gasteiger partial charge in [-0.05, 0) is 77.0 Å². The summed E-state index contributed by atoms with van der Waals surface area (Å²) in [5.74, 6) is -1.10. The smallest absolute Gasteiger partial charge is 0.309 e. The number of hydrogen-bond acceptors (Lipinski definition) is 6. The largest absolute Gasteiger partial charge is 0.462 e. The van der Waals surface area contributed by atoms with Gasteiger partial charge in [-0.2, -0.15) is 0 Å². The van der Waals surface area contributed by atoms with Gasteiger partial charge in [-0.3, -0.25) is 14.4 Å². The van der Waals surface area contributed by atoms with Gasteiger partial charge in [0.2, 0.25) is 0 Å². The molecule has 0 fully saturated rings. The molecule has 0 amide bonds. The molecule has 0 aliphatic rings. The molecule has 0 spiro atoms. The van der Waals surface area contributed by atoms with Gasteiger partial charge in [0.15, 0.2) is 6.10 Å². The van der Waals surface area contributed by atoms with E-state index in [9.17, 15) is 14.4 Å².